The van der Waals surface area contributed by atoms with Gasteiger partial charge in [0.25, 0.3) is 0 Å². The summed E-state index contributed by atoms with van der Waals surface area (Å²) in [5.41, 5.74) is -2.27. The Morgan fingerprint density at radius 2 is 1.78 bits per heavy atom. The van der Waals surface area contributed by atoms with Crippen molar-refractivity contribution < 1.29 is 39.6 Å². The number of carbonyl (C=O) groups excluding carboxylic acids is 4. The smallest absolute Gasteiger partial charge is 0.209 e. The Bertz CT molecular complexity index is 1290. The number of aliphatic hydroxyl groups excluding tert-OH is 2. The zero-order chi connectivity index (χ0) is 26.9. The maximum absolute atomic E-state index is 13.7. The summed E-state index contributed by atoms with van der Waals surface area (Å²) >= 11 is 0. The van der Waals surface area contributed by atoms with E-state index in [0.717, 1.165) is 0 Å². The number of Topliss-reactive ketones (excluding diaryl/α,β-unsaturated/α-hetero) is 4. The van der Waals surface area contributed by atoms with Crippen LogP contribution in [0.25, 0.3) is 0 Å². The van der Waals surface area contributed by atoms with Gasteiger partial charge in [0.1, 0.15) is 22.8 Å². The van der Waals surface area contributed by atoms with Gasteiger partial charge in [0.2, 0.25) is 5.78 Å². The van der Waals surface area contributed by atoms with Crippen LogP contribution >= 0.6 is 0 Å². The van der Waals surface area contributed by atoms with Gasteiger partial charge in [-0.05, 0) is 63.4 Å². The maximum Gasteiger partial charge on any atom is 0.209 e. The molecule has 0 saturated carbocycles. The predicted molar refractivity (Wildman–Crippen MR) is 129 cm³/mol. The number of phenolic OH excluding ortho intramolecular Hbond substituents is 1. The highest BCUT2D eigenvalue weighted by molar-refractivity contribution is 6.25. The highest BCUT2D eigenvalue weighted by Crippen LogP contribution is 2.53. The molecule has 0 aliphatic heterocycles. The molecular formula is C27H31NO8. The highest BCUT2D eigenvalue weighted by atomic mass is 16.3. The van der Waals surface area contributed by atoms with Crippen LogP contribution in [0.3, 0.4) is 0 Å². The number of rotatable bonds is 5. The van der Waals surface area contributed by atoms with Crippen LogP contribution in [0.5, 0.6) is 5.75 Å². The molecule has 0 bridgehead atoms. The van der Waals surface area contributed by atoms with E-state index in [2.05, 4.69) is 0 Å². The van der Waals surface area contributed by atoms with Gasteiger partial charge in [-0.3, -0.25) is 24.1 Å². The van der Waals surface area contributed by atoms with Crippen molar-refractivity contribution in [3.63, 3.8) is 0 Å². The standard InChI is InChI=1S/C27H31NO8/c1-6-12-8-14(11(3)29)22(31)19-15(12)9-13-10-16-21(28(4)5)24(33)20(17(30)7-2)26(35)27(16,36)25(34)18(13)23(19)32/h8,13,16,21,31,33-34,36H,6-7,9-10H2,1-5H3/t13-,16-,21?,27-/m1/s1. The lowest BCUT2D eigenvalue weighted by Crippen LogP contribution is -2.63. The highest BCUT2D eigenvalue weighted by Gasteiger charge is 2.63. The van der Waals surface area contributed by atoms with Crippen molar-refractivity contribution in [2.24, 2.45) is 11.8 Å². The molecular weight excluding hydrogens is 466 g/mol. The second-order valence-electron chi connectivity index (χ2n) is 10.1. The number of phenols is 1. The molecule has 4 N–H and O–H groups in total. The molecule has 0 fully saturated rings. The first-order valence-corrected chi connectivity index (χ1v) is 12.1. The number of aromatic hydroxyl groups is 1. The van der Waals surface area contributed by atoms with Crippen LogP contribution in [0.2, 0.25) is 0 Å². The fourth-order valence-electron chi connectivity index (χ4n) is 6.19. The Labute approximate surface area is 208 Å². The molecule has 3 aliphatic rings. The molecule has 1 unspecified atom stereocenters. The molecule has 0 amide bonds. The number of nitrogens with zero attached hydrogens (tertiary/aromatic N) is 1. The first-order valence-electron chi connectivity index (χ1n) is 12.1. The van der Waals surface area contributed by atoms with E-state index < -0.39 is 69.5 Å². The number of likely N-dealkylation sites (N-methyl/N-ethyl adjacent to an activating group) is 1. The summed E-state index contributed by atoms with van der Waals surface area (Å²) in [6.45, 7) is 4.64. The molecule has 36 heavy (non-hydrogen) atoms. The van der Waals surface area contributed by atoms with Crippen LogP contribution in [0.15, 0.2) is 28.7 Å². The van der Waals surface area contributed by atoms with E-state index in [1.165, 1.54) is 13.8 Å². The Balaban J connectivity index is 1.99. The van der Waals surface area contributed by atoms with Crippen molar-refractivity contribution in [1.82, 2.24) is 4.90 Å². The van der Waals surface area contributed by atoms with Gasteiger partial charge in [-0.2, -0.15) is 0 Å². The molecule has 4 rings (SSSR count). The molecule has 0 saturated heterocycles. The van der Waals surface area contributed by atoms with Crippen LogP contribution in [0.4, 0.5) is 0 Å². The first kappa shape index (κ1) is 25.8. The lowest BCUT2D eigenvalue weighted by molar-refractivity contribution is -0.148. The number of hydrogen-bond acceptors (Lipinski definition) is 9. The SMILES string of the molecule is CCC(=O)C1=C(O)C(N(C)C)[C@H]2C[C@H]3Cc4c(CC)cc(C(C)=O)c(O)c4C(=O)C3=C(O)[C@@]2(O)C1=O. The minimum Gasteiger partial charge on any atom is -0.510 e. The third-order valence-corrected chi connectivity index (χ3v) is 7.93. The average molecular weight is 498 g/mol. The molecule has 4 atom stereocenters. The third kappa shape index (κ3) is 3.29. The number of allylic oxidation sites excluding steroid dienone is 1. The fraction of sp³-hybridized carbons (Fsp3) is 0.481. The van der Waals surface area contributed by atoms with Gasteiger partial charge in [0.15, 0.2) is 23.0 Å². The maximum atomic E-state index is 13.7. The number of carbonyl (C=O) groups is 4. The zero-order valence-corrected chi connectivity index (χ0v) is 21.0. The lowest BCUT2D eigenvalue weighted by Gasteiger charge is -2.50. The van der Waals surface area contributed by atoms with Gasteiger partial charge < -0.3 is 20.4 Å². The number of aryl methyl sites for hydroxylation is 1. The van der Waals surface area contributed by atoms with E-state index in [1.54, 1.807) is 25.1 Å². The summed E-state index contributed by atoms with van der Waals surface area (Å²) in [7, 11) is 3.25. The van der Waals surface area contributed by atoms with E-state index in [4.69, 9.17) is 0 Å². The van der Waals surface area contributed by atoms with Crippen molar-refractivity contribution in [3.05, 3.63) is 51.0 Å². The molecule has 9 heteroatoms. The third-order valence-electron chi connectivity index (χ3n) is 7.93. The lowest BCUT2D eigenvalue weighted by atomic mass is 9.58. The van der Waals surface area contributed by atoms with Crippen LogP contribution in [0, 0.1) is 11.8 Å². The van der Waals surface area contributed by atoms with Crippen molar-refractivity contribution in [3.8, 4) is 5.75 Å². The Morgan fingerprint density at radius 3 is 2.31 bits per heavy atom. The summed E-state index contributed by atoms with van der Waals surface area (Å²) in [6.07, 6.45) is 0.666. The first-order chi connectivity index (χ1) is 16.8. The van der Waals surface area contributed by atoms with Crippen LogP contribution in [0.1, 0.15) is 65.5 Å². The van der Waals surface area contributed by atoms with E-state index in [-0.39, 0.29) is 36.0 Å². The molecule has 0 radical (unpaired) electrons. The fourth-order valence-corrected chi connectivity index (χ4v) is 6.19. The minimum absolute atomic E-state index is 0.0185. The average Bonchev–Trinajstić information content (AvgIpc) is 2.81. The predicted octanol–water partition coefficient (Wildman–Crippen LogP) is 2.38. The Morgan fingerprint density at radius 1 is 1.14 bits per heavy atom. The molecule has 192 valence electrons. The van der Waals surface area contributed by atoms with Crippen molar-refractivity contribution in [1.29, 1.82) is 0 Å². The normalized spacial score (nSPS) is 27.7. The van der Waals surface area contributed by atoms with Crippen molar-refractivity contribution in [2.75, 3.05) is 14.1 Å². The Hall–Kier alpha value is -3.30. The van der Waals surface area contributed by atoms with Gasteiger partial charge in [-0.15, -0.1) is 0 Å². The summed E-state index contributed by atoms with van der Waals surface area (Å²) < 4.78 is 0. The van der Waals surface area contributed by atoms with Gasteiger partial charge in [-0.1, -0.05) is 13.8 Å². The van der Waals surface area contributed by atoms with Crippen LogP contribution in [-0.2, 0) is 22.4 Å². The number of hydrogen-bond donors (Lipinski definition) is 4. The summed E-state index contributed by atoms with van der Waals surface area (Å²) in [5.74, 6) is -6.49. The molecule has 0 heterocycles. The number of ketones is 4. The topological polar surface area (TPSA) is 152 Å². The molecule has 0 aromatic heterocycles. The largest absolute Gasteiger partial charge is 0.510 e. The summed E-state index contributed by atoms with van der Waals surface area (Å²) in [6, 6.07) is 0.610. The number of benzene rings is 1. The zero-order valence-electron chi connectivity index (χ0n) is 21.0. The van der Waals surface area contributed by atoms with Gasteiger partial charge in [0.05, 0.1) is 17.2 Å². The summed E-state index contributed by atoms with van der Waals surface area (Å²) in [4.78, 5) is 53.6. The molecule has 1 aromatic carbocycles. The quantitative estimate of drug-likeness (QED) is 0.355. The van der Waals surface area contributed by atoms with E-state index in [1.807, 2.05) is 6.92 Å². The summed E-state index contributed by atoms with van der Waals surface area (Å²) in [5, 5.41) is 45.0. The second kappa shape index (κ2) is 8.67. The van der Waals surface area contributed by atoms with Gasteiger partial charge in [0, 0.05) is 17.9 Å². The van der Waals surface area contributed by atoms with Gasteiger partial charge in [-0.25, -0.2) is 0 Å². The van der Waals surface area contributed by atoms with E-state index in [9.17, 15) is 39.6 Å². The number of aliphatic hydroxyl groups is 3. The molecule has 0 spiro atoms. The molecule has 1 aromatic rings. The van der Waals surface area contributed by atoms with E-state index in [0.29, 0.717) is 17.5 Å². The monoisotopic (exact) mass is 497 g/mol. The van der Waals surface area contributed by atoms with Crippen LogP contribution < -0.4 is 0 Å². The second-order valence-corrected chi connectivity index (χ2v) is 10.1. The molecule has 3 aliphatic carbocycles. The van der Waals surface area contributed by atoms with Crippen molar-refractivity contribution >= 4 is 23.1 Å². The van der Waals surface area contributed by atoms with Crippen molar-refractivity contribution in [2.45, 2.75) is 58.1 Å². The van der Waals surface area contributed by atoms with E-state index >= 15 is 0 Å². The van der Waals surface area contributed by atoms with Gasteiger partial charge >= 0.3 is 0 Å². The number of fused-ring (bicyclic) bond motifs is 3. The van der Waals surface area contributed by atoms with Crippen LogP contribution in [-0.4, -0.2) is 74.2 Å². The minimum atomic E-state index is -2.61. The Kier molecular flexibility index (Phi) is 6.21. The molecule has 9 nitrogen and oxygen atoms in total.